The summed E-state index contributed by atoms with van der Waals surface area (Å²) in [7, 11) is 1.97. The molecule has 0 spiro atoms. The van der Waals surface area contributed by atoms with Crippen molar-refractivity contribution in [3.63, 3.8) is 0 Å². The number of ketones is 1. The minimum Gasteiger partial charge on any atom is -0.313 e. The summed E-state index contributed by atoms with van der Waals surface area (Å²) in [5.74, 6) is 0.270. The third kappa shape index (κ3) is 2.95. The monoisotopic (exact) mass is 231 g/mol. The smallest absolute Gasteiger partial charge is 0.129 e. The molecule has 2 rings (SSSR count). The number of hydrogen-bond donors (Lipinski definition) is 1. The van der Waals surface area contributed by atoms with Gasteiger partial charge in [0.1, 0.15) is 5.78 Å². The number of nitrogens with one attached hydrogen (secondary N) is 1. The fraction of sp³-hybridized carbons (Fsp3) is 0.533. The van der Waals surface area contributed by atoms with Crippen molar-refractivity contribution in [2.75, 3.05) is 7.05 Å². The average molecular weight is 231 g/mol. The zero-order valence-electron chi connectivity index (χ0n) is 10.8. The average Bonchev–Trinajstić information content (AvgIpc) is 2.76. The van der Waals surface area contributed by atoms with E-state index in [9.17, 15) is 4.79 Å². The summed E-state index contributed by atoms with van der Waals surface area (Å²) in [5.41, 5.74) is 4.34. The molecule has 17 heavy (non-hydrogen) atoms. The Hall–Kier alpha value is -1.15. The lowest BCUT2D eigenvalue weighted by Gasteiger charge is -2.17. The molecular formula is C15H21NO. The molecule has 2 heteroatoms. The van der Waals surface area contributed by atoms with Gasteiger partial charge in [0.05, 0.1) is 0 Å². The molecule has 0 aromatic heterocycles. The molecule has 0 saturated carbocycles. The molecule has 0 radical (unpaired) electrons. The molecule has 0 amide bonds. The van der Waals surface area contributed by atoms with Crippen molar-refractivity contribution in [1.29, 1.82) is 0 Å². The van der Waals surface area contributed by atoms with Crippen molar-refractivity contribution >= 4 is 5.78 Å². The van der Waals surface area contributed by atoms with Gasteiger partial charge in [0.2, 0.25) is 0 Å². The zero-order valence-corrected chi connectivity index (χ0v) is 10.8. The summed E-state index contributed by atoms with van der Waals surface area (Å²) in [5, 5.41) is 3.31. The molecule has 1 aromatic carbocycles. The predicted octanol–water partition coefficient (Wildman–Crippen LogP) is 2.81. The van der Waals surface area contributed by atoms with Crippen molar-refractivity contribution in [3.05, 3.63) is 34.9 Å². The molecule has 0 aliphatic heterocycles. The first kappa shape index (κ1) is 12.3. The Morgan fingerprint density at radius 1 is 1.35 bits per heavy atom. The van der Waals surface area contributed by atoms with Gasteiger partial charge in [0, 0.05) is 12.5 Å². The summed E-state index contributed by atoms with van der Waals surface area (Å²) in [4.78, 5) is 11.1. The minimum absolute atomic E-state index is 0.270. The number of rotatable bonds is 5. The van der Waals surface area contributed by atoms with E-state index in [1.807, 2.05) is 7.05 Å². The number of Topliss-reactive ketones (excluding diaryl/α,β-unsaturated/α-hetero) is 1. The van der Waals surface area contributed by atoms with Crippen LogP contribution in [0.4, 0.5) is 0 Å². The molecule has 0 bridgehead atoms. The van der Waals surface area contributed by atoms with Crippen molar-refractivity contribution in [3.8, 4) is 0 Å². The Kier molecular flexibility index (Phi) is 3.95. The van der Waals surface area contributed by atoms with Gasteiger partial charge >= 0.3 is 0 Å². The molecule has 1 N–H and O–H groups in total. The minimum atomic E-state index is 0.270. The highest BCUT2D eigenvalue weighted by atomic mass is 16.1. The standard InChI is InChI=1S/C15H21NO/c1-11(17)6-9-15(16-2)14-8-7-12-4-3-5-13(12)10-14/h7-8,10,15-16H,3-6,9H2,1-2H3. The Balaban J connectivity index is 2.11. The molecule has 1 atom stereocenters. The number of hydrogen-bond acceptors (Lipinski definition) is 2. The van der Waals surface area contributed by atoms with E-state index in [0.717, 1.165) is 6.42 Å². The van der Waals surface area contributed by atoms with Crippen LogP contribution >= 0.6 is 0 Å². The van der Waals surface area contributed by atoms with Crippen LogP contribution in [0.25, 0.3) is 0 Å². The third-order valence-electron chi connectivity index (χ3n) is 3.66. The maximum atomic E-state index is 11.1. The lowest BCUT2D eigenvalue weighted by molar-refractivity contribution is -0.117. The van der Waals surface area contributed by atoms with Crippen molar-refractivity contribution in [2.24, 2.45) is 0 Å². The highest BCUT2D eigenvalue weighted by Crippen LogP contribution is 2.27. The van der Waals surface area contributed by atoms with Gasteiger partial charge in [-0.15, -0.1) is 0 Å². The summed E-state index contributed by atoms with van der Waals surface area (Å²) in [6.45, 7) is 1.66. The number of carbonyl (C=O) groups is 1. The Morgan fingerprint density at radius 3 is 2.82 bits per heavy atom. The van der Waals surface area contributed by atoms with E-state index in [4.69, 9.17) is 0 Å². The number of fused-ring (bicyclic) bond motifs is 1. The molecular weight excluding hydrogens is 210 g/mol. The second kappa shape index (κ2) is 5.46. The van der Waals surface area contributed by atoms with Gasteiger partial charge in [0.15, 0.2) is 0 Å². The Morgan fingerprint density at radius 2 is 2.12 bits per heavy atom. The largest absolute Gasteiger partial charge is 0.313 e. The van der Waals surface area contributed by atoms with E-state index in [1.54, 1.807) is 6.92 Å². The van der Waals surface area contributed by atoms with Gasteiger partial charge in [-0.1, -0.05) is 18.2 Å². The van der Waals surface area contributed by atoms with Crippen LogP contribution < -0.4 is 5.32 Å². The fourth-order valence-electron chi connectivity index (χ4n) is 2.63. The van der Waals surface area contributed by atoms with E-state index >= 15 is 0 Å². The van der Waals surface area contributed by atoms with E-state index in [-0.39, 0.29) is 5.78 Å². The van der Waals surface area contributed by atoms with Gasteiger partial charge in [-0.05, 0) is 56.3 Å². The SMILES string of the molecule is CNC(CCC(C)=O)c1ccc2c(c1)CCC2. The molecule has 1 aromatic rings. The van der Waals surface area contributed by atoms with Crippen LogP contribution in [0.1, 0.15) is 48.9 Å². The molecule has 0 saturated heterocycles. The Bertz CT molecular complexity index is 411. The van der Waals surface area contributed by atoms with Crippen LogP contribution in [-0.2, 0) is 17.6 Å². The molecule has 0 fully saturated rings. The summed E-state index contributed by atoms with van der Waals surface area (Å²) in [6.07, 6.45) is 5.28. The molecule has 92 valence electrons. The lowest BCUT2D eigenvalue weighted by atomic mass is 9.97. The first-order chi connectivity index (χ1) is 8.20. The summed E-state index contributed by atoms with van der Waals surface area (Å²) < 4.78 is 0. The second-order valence-electron chi connectivity index (χ2n) is 4.96. The predicted molar refractivity (Wildman–Crippen MR) is 70.2 cm³/mol. The first-order valence-corrected chi connectivity index (χ1v) is 6.49. The normalized spacial score (nSPS) is 15.6. The summed E-state index contributed by atoms with van der Waals surface area (Å²) >= 11 is 0. The van der Waals surface area contributed by atoms with Crippen LogP contribution in [0.2, 0.25) is 0 Å². The number of carbonyl (C=O) groups excluding carboxylic acids is 1. The Labute approximate surface area is 103 Å². The van der Waals surface area contributed by atoms with Crippen LogP contribution in [0, 0.1) is 0 Å². The van der Waals surface area contributed by atoms with Crippen molar-refractivity contribution in [1.82, 2.24) is 5.32 Å². The first-order valence-electron chi connectivity index (χ1n) is 6.49. The topological polar surface area (TPSA) is 29.1 Å². The van der Waals surface area contributed by atoms with Gasteiger partial charge in [-0.25, -0.2) is 0 Å². The van der Waals surface area contributed by atoms with E-state index in [0.29, 0.717) is 12.5 Å². The number of benzene rings is 1. The highest BCUT2D eigenvalue weighted by molar-refractivity contribution is 5.75. The highest BCUT2D eigenvalue weighted by Gasteiger charge is 2.15. The quantitative estimate of drug-likeness (QED) is 0.844. The van der Waals surface area contributed by atoms with Gasteiger partial charge < -0.3 is 10.1 Å². The van der Waals surface area contributed by atoms with Crippen LogP contribution in [0.15, 0.2) is 18.2 Å². The number of aryl methyl sites for hydroxylation is 2. The van der Waals surface area contributed by atoms with E-state index in [1.165, 1.54) is 36.0 Å². The molecule has 0 heterocycles. The molecule has 1 aliphatic rings. The second-order valence-corrected chi connectivity index (χ2v) is 4.96. The van der Waals surface area contributed by atoms with E-state index in [2.05, 4.69) is 23.5 Å². The van der Waals surface area contributed by atoms with Crippen LogP contribution in [-0.4, -0.2) is 12.8 Å². The molecule has 1 unspecified atom stereocenters. The third-order valence-corrected chi connectivity index (χ3v) is 3.66. The molecule has 2 nitrogen and oxygen atoms in total. The van der Waals surface area contributed by atoms with Gasteiger partial charge in [-0.2, -0.15) is 0 Å². The fourth-order valence-corrected chi connectivity index (χ4v) is 2.63. The van der Waals surface area contributed by atoms with Crippen LogP contribution in [0.3, 0.4) is 0 Å². The van der Waals surface area contributed by atoms with Crippen molar-refractivity contribution in [2.45, 2.75) is 45.1 Å². The van der Waals surface area contributed by atoms with Crippen LogP contribution in [0.5, 0.6) is 0 Å². The summed E-state index contributed by atoms with van der Waals surface area (Å²) in [6, 6.07) is 7.11. The zero-order chi connectivity index (χ0) is 12.3. The maximum Gasteiger partial charge on any atom is 0.129 e. The lowest BCUT2D eigenvalue weighted by Crippen LogP contribution is -2.17. The maximum absolute atomic E-state index is 11.1. The van der Waals surface area contributed by atoms with Gasteiger partial charge in [0.25, 0.3) is 0 Å². The van der Waals surface area contributed by atoms with Crippen molar-refractivity contribution < 1.29 is 4.79 Å². The van der Waals surface area contributed by atoms with E-state index < -0.39 is 0 Å². The van der Waals surface area contributed by atoms with Gasteiger partial charge in [-0.3, -0.25) is 0 Å². The molecule has 1 aliphatic carbocycles.